The fourth-order valence-corrected chi connectivity index (χ4v) is 1.11. The zero-order chi connectivity index (χ0) is 12.0. The average molecular weight is 207 g/mol. The molecule has 0 aliphatic heterocycles. The molecule has 0 saturated heterocycles. The molecule has 1 atom stereocenters. The van der Waals surface area contributed by atoms with E-state index in [1.165, 1.54) is 16.7 Å². The molecule has 0 aliphatic carbocycles. The number of nitrogens with zero attached hydrogens (tertiary/aromatic N) is 1. The van der Waals surface area contributed by atoms with Crippen molar-refractivity contribution in [2.24, 2.45) is 0 Å². The molecule has 0 amide bonds. The first-order chi connectivity index (χ1) is 6.84. The topological polar surface area (TPSA) is 3.24 Å². The van der Waals surface area contributed by atoms with Crippen molar-refractivity contribution in [1.29, 1.82) is 0 Å². The van der Waals surface area contributed by atoms with E-state index in [4.69, 9.17) is 0 Å². The SMILES string of the molecule is CC(C)=CN(C)C(C)/C=C\C(C)=C(C)C. The zero-order valence-electron chi connectivity index (χ0n) is 11.3. The minimum atomic E-state index is 0.439. The summed E-state index contributed by atoms with van der Waals surface area (Å²) in [7, 11) is 2.11. The summed E-state index contributed by atoms with van der Waals surface area (Å²) in [6, 6.07) is 0.439. The number of hydrogen-bond acceptors (Lipinski definition) is 1. The molecule has 0 aromatic heterocycles. The molecule has 1 unspecified atom stereocenters. The van der Waals surface area contributed by atoms with Gasteiger partial charge < -0.3 is 4.90 Å². The molecule has 15 heavy (non-hydrogen) atoms. The van der Waals surface area contributed by atoms with E-state index in [0.29, 0.717) is 6.04 Å². The molecule has 0 saturated carbocycles. The quantitative estimate of drug-likeness (QED) is 0.626. The standard InChI is InChI=1S/C14H25N/c1-11(2)10-15(7)14(6)9-8-13(5)12(3)4/h8-10,14H,1-7H3/b9-8-. The van der Waals surface area contributed by atoms with Crippen molar-refractivity contribution in [2.45, 2.75) is 47.6 Å². The van der Waals surface area contributed by atoms with Crippen LogP contribution in [0.2, 0.25) is 0 Å². The minimum Gasteiger partial charge on any atom is -0.374 e. The zero-order valence-corrected chi connectivity index (χ0v) is 11.3. The van der Waals surface area contributed by atoms with Crippen molar-refractivity contribution >= 4 is 0 Å². The Kier molecular flexibility index (Phi) is 6.07. The van der Waals surface area contributed by atoms with E-state index in [1.54, 1.807) is 0 Å². The van der Waals surface area contributed by atoms with Gasteiger partial charge in [0.1, 0.15) is 0 Å². The molecule has 0 spiro atoms. The largest absolute Gasteiger partial charge is 0.374 e. The number of allylic oxidation sites excluding steroid dienone is 4. The number of rotatable bonds is 4. The lowest BCUT2D eigenvalue weighted by atomic mass is 10.1. The van der Waals surface area contributed by atoms with Crippen molar-refractivity contribution in [3.63, 3.8) is 0 Å². The van der Waals surface area contributed by atoms with Gasteiger partial charge in [-0.1, -0.05) is 28.9 Å². The molecule has 0 aliphatic rings. The molecule has 0 heterocycles. The van der Waals surface area contributed by atoms with Gasteiger partial charge in [-0.15, -0.1) is 0 Å². The highest BCUT2D eigenvalue weighted by Gasteiger charge is 2.00. The molecule has 0 bridgehead atoms. The van der Waals surface area contributed by atoms with Gasteiger partial charge in [-0.3, -0.25) is 0 Å². The molecule has 86 valence electrons. The van der Waals surface area contributed by atoms with Crippen LogP contribution in [0.5, 0.6) is 0 Å². The third kappa shape index (κ3) is 6.16. The van der Waals surface area contributed by atoms with Gasteiger partial charge in [0.15, 0.2) is 0 Å². The normalized spacial score (nSPS) is 12.5. The molecular formula is C14H25N. The Hall–Kier alpha value is -0.980. The summed E-state index contributed by atoms with van der Waals surface area (Å²) in [6.07, 6.45) is 6.62. The maximum Gasteiger partial charge on any atom is 0.0439 e. The lowest BCUT2D eigenvalue weighted by Crippen LogP contribution is -2.21. The van der Waals surface area contributed by atoms with Crippen LogP contribution in [-0.4, -0.2) is 18.0 Å². The minimum absolute atomic E-state index is 0.439. The van der Waals surface area contributed by atoms with Gasteiger partial charge in [-0.2, -0.15) is 0 Å². The Balaban J connectivity index is 4.44. The van der Waals surface area contributed by atoms with Crippen LogP contribution in [0.4, 0.5) is 0 Å². The van der Waals surface area contributed by atoms with Gasteiger partial charge in [-0.25, -0.2) is 0 Å². The summed E-state index contributed by atoms with van der Waals surface area (Å²) < 4.78 is 0. The highest BCUT2D eigenvalue weighted by molar-refractivity contribution is 5.22. The maximum atomic E-state index is 2.24. The van der Waals surface area contributed by atoms with E-state index in [-0.39, 0.29) is 0 Å². The first-order valence-corrected chi connectivity index (χ1v) is 5.53. The number of hydrogen-bond donors (Lipinski definition) is 0. The third-order valence-electron chi connectivity index (χ3n) is 2.52. The van der Waals surface area contributed by atoms with Crippen molar-refractivity contribution in [3.05, 3.63) is 35.1 Å². The van der Waals surface area contributed by atoms with Crippen LogP contribution in [0, 0.1) is 0 Å². The van der Waals surface area contributed by atoms with Crippen molar-refractivity contribution in [2.75, 3.05) is 7.05 Å². The molecule has 0 fully saturated rings. The summed E-state index contributed by atoms with van der Waals surface area (Å²) in [5.41, 5.74) is 4.06. The van der Waals surface area contributed by atoms with Crippen LogP contribution in [0.15, 0.2) is 35.1 Å². The lowest BCUT2D eigenvalue weighted by Gasteiger charge is -2.20. The summed E-state index contributed by atoms with van der Waals surface area (Å²) in [5.74, 6) is 0. The van der Waals surface area contributed by atoms with Crippen LogP contribution >= 0.6 is 0 Å². The Morgan fingerprint density at radius 2 is 1.60 bits per heavy atom. The van der Waals surface area contributed by atoms with Gasteiger partial charge in [0, 0.05) is 13.1 Å². The smallest absolute Gasteiger partial charge is 0.0439 e. The van der Waals surface area contributed by atoms with Gasteiger partial charge in [-0.05, 0) is 47.7 Å². The maximum absolute atomic E-state index is 2.24. The second kappa shape index (κ2) is 6.49. The summed E-state index contributed by atoms with van der Waals surface area (Å²) in [6.45, 7) is 12.9. The van der Waals surface area contributed by atoms with Crippen molar-refractivity contribution in [3.8, 4) is 0 Å². The third-order valence-corrected chi connectivity index (χ3v) is 2.52. The highest BCUT2D eigenvalue weighted by atomic mass is 15.1. The summed E-state index contributed by atoms with van der Waals surface area (Å²) in [5, 5.41) is 0. The Morgan fingerprint density at radius 3 is 2.00 bits per heavy atom. The van der Waals surface area contributed by atoms with Gasteiger partial charge in [0.25, 0.3) is 0 Å². The van der Waals surface area contributed by atoms with E-state index < -0.39 is 0 Å². The van der Waals surface area contributed by atoms with Crippen LogP contribution in [0.25, 0.3) is 0 Å². The first-order valence-electron chi connectivity index (χ1n) is 5.53. The monoisotopic (exact) mass is 207 g/mol. The lowest BCUT2D eigenvalue weighted by molar-refractivity contribution is 0.404. The van der Waals surface area contributed by atoms with Crippen molar-refractivity contribution < 1.29 is 0 Å². The van der Waals surface area contributed by atoms with Crippen LogP contribution in [0.1, 0.15) is 41.5 Å². The Labute approximate surface area is 95.2 Å². The fraction of sp³-hybridized carbons (Fsp3) is 0.571. The molecule has 0 aromatic rings. The predicted octanol–water partition coefficient (Wildman–Crippen LogP) is 4.14. The molecule has 0 rings (SSSR count). The second-order valence-electron chi connectivity index (χ2n) is 4.65. The number of likely N-dealkylation sites (N-methyl/N-ethyl adjacent to an activating group) is 1. The van der Waals surface area contributed by atoms with Gasteiger partial charge in [0.2, 0.25) is 0 Å². The van der Waals surface area contributed by atoms with Crippen molar-refractivity contribution in [1.82, 2.24) is 4.90 Å². The van der Waals surface area contributed by atoms with E-state index in [0.717, 1.165) is 0 Å². The molecule has 1 nitrogen and oxygen atoms in total. The Bertz CT molecular complexity index is 274. The van der Waals surface area contributed by atoms with E-state index in [9.17, 15) is 0 Å². The summed E-state index contributed by atoms with van der Waals surface area (Å²) in [4.78, 5) is 2.23. The molecule has 0 radical (unpaired) electrons. The highest BCUT2D eigenvalue weighted by Crippen LogP contribution is 2.07. The van der Waals surface area contributed by atoms with E-state index in [2.05, 4.69) is 71.8 Å². The van der Waals surface area contributed by atoms with Gasteiger partial charge >= 0.3 is 0 Å². The fourth-order valence-electron chi connectivity index (χ4n) is 1.11. The average Bonchev–Trinajstić information content (AvgIpc) is 2.12. The van der Waals surface area contributed by atoms with Crippen LogP contribution in [0.3, 0.4) is 0 Å². The molecule has 0 N–H and O–H groups in total. The molecule has 1 heteroatoms. The van der Waals surface area contributed by atoms with Crippen LogP contribution < -0.4 is 0 Å². The van der Waals surface area contributed by atoms with E-state index >= 15 is 0 Å². The summed E-state index contributed by atoms with van der Waals surface area (Å²) >= 11 is 0. The van der Waals surface area contributed by atoms with Gasteiger partial charge in [0.05, 0.1) is 0 Å². The second-order valence-corrected chi connectivity index (χ2v) is 4.65. The Morgan fingerprint density at radius 1 is 1.07 bits per heavy atom. The predicted molar refractivity (Wildman–Crippen MR) is 69.8 cm³/mol. The molecular weight excluding hydrogens is 182 g/mol. The molecule has 0 aromatic carbocycles. The van der Waals surface area contributed by atoms with Crippen LogP contribution in [-0.2, 0) is 0 Å². The first kappa shape index (κ1) is 14.0. The van der Waals surface area contributed by atoms with E-state index in [1.807, 2.05) is 0 Å².